The summed E-state index contributed by atoms with van der Waals surface area (Å²) in [4.78, 5) is 24.6. The second-order valence-corrected chi connectivity index (χ2v) is 6.77. The predicted molar refractivity (Wildman–Crippen MR) is 110 cm³/mol. The Hall–Kier alpha value is -3.06. The van der Waals surface area contributed by atoms with Crippen LogP contribution in [0.2, 0.25) is 0 Å². The third kappa shape index (κ3) is 5.48. The molecule has 0 spiro atoms. The van der Waals surface area contributed by atoms with E-state index < -0.39 is 6.10 Å². The zero-order valence-corrected chi connectivity index (χ0v) is 16.7. The van der Waals surface area contributed by atoms with E-state index in [4.69, 9.17) is 14.2 Å². The third-order valence-electron chi connectivity index (χ3n) is 4.76. The average molecular weight is 398 g/mol. The Kier molecular flexibility index (Phi) is 7.08. The summed E-state index contributed by atoms with van der Waals surface area (Å²) in [7, 11) is 3.18. The summed E-state index contributed by atoms with van der Waals surface area (Å²) in [6.45, 7) is 1.08. The summed E-state index contributed by atoms with van der Waals surface area (Å²) in [5.74, 6) is 0.959. The van der Waals surface area contributed by atoms with Crippen molar-refractivity contribution in [1.82, 2.24) is 5.32 Å². The van der Waals surface area contributed by atoms with Gasteiger partial charge in [-0.2, -0.15) is 0 Å². The molecular formula is C22H26N2O5. The zero-order chi connectivity index (χ0) is 20.6. The Balaban J connectivity index is 1.53. The van der Waals surface area contributed by atoms with E-state index in [0.29, 0.717) is 42.3 Å². The summed E-state index contributed by atoms with van der Waals surface area (Å²) in [6, 6.07) is 12.6. The van der Waals surface area contributed by atoms with Crippen molar-refractivity contribution >= 4 is 17.5 Å². The van der Waals surface area contributed by atoms with Crippen LogP contribution in [-0.4, -0.2) is 45.3 Å². The molecule has 1 saturated heterocycles. The Morgan fingerprint density at radius 2 is 1.93 bits per heavy atom. The lowest BCUT2D eigenvalue weighted by Gasteiger charge is -2.12. The van der Waals surface area contributed by atoms with Crippen molar-refractivity contribution in [2.45, 2.75) is 25.4 Å². The third-order valence-corrected chi connectivity index (χ3v) is 4.76. The minimum atomic E-state index is -0.408. The molecule has 1 aliphatic heterocycles. The quantitative estimate of drug-likeness (QED) is 0.714. The molecule has 7 nitrogen and oxygen atoms in total. The molecule has 2 N–H and O–H groups in total. The molecule has 2 aromatic rings. The van der Waals surface area contributed by atoms with Gasteiger partial charge in [0, 0.05) is 24.4 Å². The van der Waals surface area contributed by atoms with Gasteiger partial charge in [0.05, 0.1) is 14.2 Å². The minimum Gasteiger partial charge on any atom is -0.493 e. The number of amides is 2. The monoisotopic (exact) mass is 398 g/mol. The van der Waals surface area contributed by atoms with Crippen LogP contribution in [0.15, 0.2) is 42.5 Å². The molecule has 7 heteroatoms. The Morgan fingerprint density at radius 1 is 1.10 bits per heavy atom. The van der Waals surface area contributed by atoms with Gasteiger partial charge in [0.1, 0.15) is 6.10 Å². The van der Waals surface area contributed by atoms with Crippen molar-refractivity contribution in [1.29, 1.82) is 0 Å². The van der Waals surface area contributed by atoms with Crippen LogP contribution in [0.1, 0.15) is 28.8 Å². The normalized spacial score (nSPS) is 15.6. The smallest absolute Gasteiger partial charge is 0.253 e. The van der Waals surface area contributed by atoms with Crippen molar-refractivity contribution in [3.05, 3.63) is 53.6 Å². The van der Waals surface area contributed by atoms with Gasteiger partial charge >= 0.3 is 0 Å². The fourth-order valence-corrected chi connectivity index (χ4v) is 3.20. The van der Waals surface area contributed by atoms with Crippen LogP contribution >= 0.6 is 0 Å². The molecule has 1 unspecified atom stereocenters. The van der Waals surface area contributed by atoms with Crippen molar-refractivity contribution in [2.75, 3.05) is 32.7 Å². The lowest BCUT2D eigenvalue weighted by molar-refractivity contribution is -0.124. The highest BCUT2D eigenvalue weighted by atomic mass is 16.5. The van der Waals surface area contributed by atoms with Crippen molar-refractivity contribution < 1.29 is 23.8 Å². The van der Waals surface area contributed by atoms with Crippen molar-refractivity contribution in [2.24, 2.45) is 0 Å². The number of benzene rings is 2. The minimum absolute atomic E-state index is 0.173. The first-order valence-electron chi connectivity index (χ1n) is 9.62. The van der Waals surface area contributed by atoms with E-state index in [2.05, 4.69) is 10.6 Å². The zero-order valence-electron chi connectivity index (χ0n) is 16.7. The van der Waals surface area contributed by atoms with E-state index in [1.54, 1.807) is 38.5 Å². The lowest BCUT2D eigenvalue weighted by Crippen LogP contribution is -2.28. The predicted octanol–water partition coefficient (Wildman–Crippen LogP) is 2.79. The second kappa shape index (κ2) is 9.93. The van der Waals surface area contributed by atoms with Crippen LogP contribution in [0.25, 0.3) is 0 Å². The largest absolute Gasteiger partial charge is 0.493 e. The molecule has 0 bridgehead atoms. The molecule has 0 radical (unpaired) electrons. The van der Waals surface area contributed by atoms with E-state index >= 15 is 0 Å². The van der Waals surface area contributed by atoms with Gasteiger partial charge in [-0.15, -0.1) is 0 Å². The molecule has 0 aliphatic carbocycles. The van der Waals surface area contributed by atoms with E-state index in [1.807, 2.05) is 18.2 Å². The van der Waals surface area contributed by atoms with Gasteiger partial charge in [-0.25, -0.2) is 0 Å². The van der Waals surface area contributed by atoms with E-state index in [-0.39, 0.29) is 11.8 Å². The van der Waals surface area contributed by atoms with Crippen LogP contribution in [0.4, 0.5) is 5.69 Å². The summed E-state index contributed by atoms with van der Waals surface area (Å²) in [5, 5.41) is 5.72. The molecule has 3 rings (SSSR count). The van der Waals surface area contributed by atoms with Crippen LogP contribution in [0.3, 0.4) is 0 Å². The first kappa shape index (κ1) is 20.7. The van der Waals surface area contributed by atoms with Gasteiger partial charge < -0.3 is 24.8 Å². The average Bonchev–Trinajstić information content (AvgIpc) is 3.29. The topological polar surface area (TPSA) is 85.9 Å². The lowest BCUT2D eigenvalue weighted by atomic mass is 10.1. The Morgan fingerprint density at radius 3 is 2.66 bits per heavy atom. The number of rotatable bonds is 8. The molecule has 1 aliphatic rings. The number of carbonyl (C=O) groups is 2. The maximum absolute atomic E-state index is 12.5. The summed E-state index contributed by atoms with van der Waals surface area (Å²) < 4.78 is 15.9. The number of methoxy groups -OCH3 is 2. The number of ether oxygens (including phenoxy) is 3. The first-order chi connectivity index (χ1) is 14.1. The van der Waals surface area contributed by atoms with Gasteiger partial charge in [0.25, 0.3) is 11.8 Å². The molecule has 1 atom stereocenters. The van der Waals surface area contributed by atoms with E-state index in [9.17, 15) is 9.59 Å². The number of hydrogen-bond donors (Lipinski definition) is 2. The first-order valence-corrected chi connectivity index (χ1v) is 9.62. The van der Waals surface area contributed by atoms with Gasteiger partial charge in [-0.1, -0.05) is 12.1 Å². The summed E-state index contributed by atoms with van der Waals surface area (Å²) >= 11 is 0. The second-order valence-electron chi connectivity index (χ2n) is 6.77. The fourth-order valence-electron chi connectivity index (χ4n) is 3.20. The maximum Gasteiger partial charge on any atom is 0.253 e. The molecule has 29 heavy (non-hydrogen) atoms. The highest BCUT2D eigenvalue weighted by Gasteiger charge is 2.23. The summed E-state index contributed by atoms with van der Waals surface area (Å²) in [5.41, 5.74) is 2.10. The van der Waals surface area contributed by atoms with Gasteiger partial charge in [-0.3, -0.25) is 9.59 Å². The Bertz CT molecular complexity index is 862. The van der Waals surface area contributed by atoms with Crippen LogP contribution in [-0.2, 0) is 16.0 Å². The molecule has 1 fully saturated rings. The van der Waals surface area contributed by atoms with Crippen molar-refractivity contribution in [3.8, 4) is 11.5 Å². The highest BCUT2D eigenvalue weighted by Crippen LogP contribution is 2.27. The maximum atomic E-state index is 12.5. The highest BCUT2D eigenvalue weighted by molar-refractivity contribution is 5.98. The van der Waals surface area contributed by atoms with E-state index in [1.165, 1.54) is 0 Å². The molecule has 2 amide bonds. The molecule has 154 valence electrons. The van der Waals surface area contributed by atoms with Gasteiger partial charge in [0.2, 0.25) is 0 Å². The number of nitrogens with one attached hydrogen (secondary N) is 2. The number of hydrogen-bond acceptors (Lipinski definition) is 5. The molecule has 0 aromatic heterocycles. The molecule has 0 saturated carbocycles. The molecular weight excluding hydrogens is 372 g/mol. The van der Waals surface area contributed by atoms with Crippen LogP contribution in [0.5, 0.6) is 11.5 Å². The fraction of sp³-hybridized carbons (Fsp3) is 0.364. The number of anilines is 1. The van der Waals surface area contributed by atoms with Crippen molar-refractivity contribution in [3.63, 3.8) is 0 Å². The van der Waals surface area contributed by atoms with Crippen LogP contribution < -0.4 is 20.1 Å². The molecule has 1 heterocycles. The SMILES string of the molecule is COc1ccc(CCNC(=O)c2cccc(NC(=O)C3CCCO3)c2)cc1OC. The molecule has 2 aromatic carbocycles. The standard InChI is InChI=1S/C22H26N2O5/c1-27-18-9-8-15(13-20(18)28-2)10-11-23-21(25)16-5-3-6-17(14-16)24-22(26)19-7-4-12-29-19/h3,5-6,8-9,13-14,19H,4,7,10-12H2,1-2H3,(H,23,25)(H,24,26). The summed E-state index contributed by atoms with van der Waals surface area (Å²) in [6.07, 6.45) is 1.86. The Labute approximate surface area is 170 Å². The van der Waals surface area contributed by atoms with Gasteiger partial charge in [-0.05, 0) is 55.2 Å². The van der Waals surface area contributed by atoms with E-state index in [0.717, 1.165) is 18.4 Å². The van der Waals surface area contributed by atoms with Gasteiger partial charge in [0.15, 0.2) is 11.5 Å². The van der Waals surface area contributed by atoms with Crippen LogP contribution in [0, 0.1) is 0 Å². The number of carbonyl (C=O) groups excluding carboxylic acids is 2.